The Morgan fingerprint density at radius 3 is 1.67 bits per heavy atom. The van der Waals surface area contributed by atoms with Crippen molar-refractivity contribution in [3.05, 3.63) is 0 Å². The van der Waals surface area contributed by atoms with E-state index in [1.165, 1.54) is 6.92 Å². The molecule has 39 nitrogen and oxygen atoms in total. The number of hydrogen-bond donors (Lipinski definition) is 21. The Hall–Kier alpha value is -3.33. The number of carbonyl (C=O) groups is 4. The molecule has 0 radical (unpaired) electrons. The lowest BCUT2D eigenvalue weighted by Gasteiger charge is -2.51. The first-order chi connectivity index (χ1) is 39.7. The molecule has 6 aliphatic rings. The Morgan fingerprint density at radius 1 is 0.565 bits per heavy atom. The number of aliphatic hydroxyl groups excluding tert-OH is 16. The van der Waals surface area contributed by atoms with Crippen LogP contribution in [0.25, 0.3) is 0 Å². The van der Waals surface area contributed by atoms with Crippen LogP contribution in [0.1, 0.15) is 34.1 Å². The molecule has 6 fully saturated rings. The third kappa shape index (κ3) is 16.4. The second-order valence-electron chi connectivity index (χ2n) is 20.9. The summed E-state index contributed by atoms with van der Waals surface area (Å²) in [7, 11) is -5.44. The Kier molecular flexibility index (Phi) is 24.6. The standard InChI is InChI=1S/C45H75N3O36S/c1-11-24(57)30(63)32(65)41(75-11)82-38-31(64)26(59)17(7-50)78-43(38)81-35-23(48-14(4)54)39(67)76-19(28(35)61)9-73-40-22(47-13(3)53)29(62)34(20(79-40)10-74-85(70,71)72)80-42-33(66)37(27(60)18(8-51)77-42)84-45(44(68)69)5-15(55)21(46-12(2)52)36(83-45)25(58)16(56)6-49/h11,15-43,49-51,55-67H,5-10H2,1-4H3,(H,46,52)(H,47,53)(H,48,54)(H,68,69)(H,70,71,72)/t11-,15-,16+,17+,18+,19+,20+,21+,22+,23+,24+,25+,26-,27-,28-,29+,30+,31-,32-,33+,34+,35+,36+,37-,38+,39?,40+,41-,42-,43-,45-/m0/s1. The summed E-state index contributed by atoms with van der Waals surface area (Å²) in [5, 5.41) is 191. The maximum Gasteiger partial charge on any atom is 0.397 e. The largest absolute Gasteiger partial charge is 0.477 e. The van der Waals surface area contributed by atoms with E-state index < -0.39 is 263 Å². The van der Waals surface area contributed by atoms with Crippen molar-refractivity contribution in [2.75, 3.05) is 33.0 Å². The van der Waals surface area contributed by atoms with Gasteiger partial charge in [0.25, 0.3) is 5.79 Å². The molecule has 31 atom stereocenters. The van der Waals surface area contributed by atoms with Crippen molar-refractivity contribution in [1.82, 2.24) is 16.0 Å². The van der Waals surface area contributed by atoms with E-state index in [2.05, 4.69) is 20.1 Å². The van der Waals surface area contributed by atoms with Crippen LogP contribution < -0.4 is 16.0 Å². The summed E-state index contributed by atoms with van der Waals surface area (Å²) < 4.78 is 101. The lowest BCUT2D eigenvalue weighted by atomic mass is 9.88. The molecule has 492 valence electrons. The van der Waals surface area contributed by atoms with E-state index in [-0.39, 0.29) is 0 Å². The quantitative estimate of drug-likeness (QED) is 0.0422. The number of carbonyl (C=O) groups excluding carboxylic acids is 3. The highest BCUT2D eigenvalue weighted by atomic mass is 32.3. The molecule has 6 rings (SSSR count). The maximum absolute atomic E-state index is 13.1. The van der Waals surface area contributed by atoms with Gasteiger partial charge in [-0.3, -0.25) is 18.9 Å². The van der Waals surface area contributed by atoms with E-state index in [1.54, 1.807) is 0 Å². The van der Waals surface area contributed by atoms with Gasteiger partial charge in [0, 0.05) is 27.2 Å². The zero-order chi connectivity index (χ0) is 63.5. The molecule has 3 amide bonds. The second kappa shape index (κ2) is 29.5. The van der Waals surface area contributed by atoms with Gasteiger partial charge < -0.3 is 155 Å². The predicted octanol–water partition coefficient (Wildman–Crippen LogP) is -13.6. The minimum Gasteiger partial charge on any atom is -0.477 e. The fourth-order valence-electron chi connectivity index (χ4n) is 10.4. The first-order valence-corrected chi connectivity index (χ1v) is 27.6. The number of rotatable bonds is 23. The summed E-state index contributed by atoms with van der Waals surface area (Å²) >= 11 is 0. The summed E-state index contributed by atoms with van der Waals surface area (Å²) in [5.74, 6) is -8.10. The summed E-state index contributed by atoms with van der Waals surface area (Å²) in [6, 6.07) is -5.45. The van der Waals surface area contributed by atoms with E-state index in [9.17, 15) is 119 Å². The molecule has 0 bridgehead atoms. The van der Waals surface area contributed by atoms with Gasteiger partial charge in [0.2, 0.25) is 17.7 Å². The minimum atomic E-state index is -5.44. The Morgan fingerprint density at radius 2 is 1.09 bits per heavy atom. The molecule has 0 aromatic rings. The van der Waals surface area contributed by atoms with Gasteiger partial charge in [0.1, 0.15) is 134 Å². The van der Waals surface area contributed by atoms with Crippen LogP contribution in [0.15, 0.2) is 0 Å². The first-order valence-electron chi connectivity index (χ1n) is 26.2. The molecule has 0 saturated carbocycles. The Labute approximate surface area is 481 Å². The average Bonchev–Trinajstić information content (AvgIpc) is 1.77. The van der Waals surface area contributed by atoms with E-state index in [0.717, 1.165) is 20.8 Å². The number of ether oxygens (including phenoxy) is 11. The molecular weight excluding hydrogens is 1190 g/mol. The van der Waals surface area contributed by atoms with Gasteiger partial charge in [-0.1, -0.05) is 0 Å². The van der Waals surface area contributed by atoms with Crippen LogP contribution in [0, 0.1) is 0 Å². The van der Waals surface area contributed by atoms with Gasteiger partial charge in [0.05, 0.1) is 51.3 Å². The van der Waals surface area contributed by atoms with E-state index in [4.69, 9.17) is 52.1 Å². The number of nitrogens with one attached hydrogen (secondary N) is 3. The first kappa shape index (κ1) is 70.8. The number of aliphatic carboxylic acids is 1. The maximum atomic E-state index is 13.1. The van der Waals surface area contributed by atoms with E-state index in [1.807, 2.05) is 0 Å². The smallest absolute Gasteiger partial charge is 0.397 e. The van der Waals surface area contributed by atoms with Crippen molar-refractivity contribution < 1.29 is 175 Å². The summed E-state index contributed by atoms with van der Waals surface area (Å²) in [6.07, 6.45) is -56.7. The lowest BCUT2D eigenvalue weighted by Crippen LogP contribution is -2.71. The van der Waals surface area contributed by atoms with Gasteiger partial charge in [-0.05, 0) is 6.92 Å². The highest BCUT2D eigenvalue weighted by molar-refractivity contribution is 7.80. The summed E-state index contributed by atoms with van der Waals surface area (Å²) in [4.78, 5) is 50.4. The van der Waals surface area contributed by atoms with Crippen LogP contribution in [0.4, 0.5) is 0 Å². The van der Waals surface area contributed by atoms with Gasteiger partial charge in [-0.25, -0.2) is 8.98 Å². The van der Waals surface area contributed by atoms with Gasteiger partial charge in [0.15, 0.2) is 31.5 Å². The molecule has 85 heavy (non-hydrogen) atoms. The molecule has 6 heterocycles. The van der Waals surface area contributed by atoms with Gasteiger partial charge in [-0.2, -0.15) is 8.42 Å². The summed E-state index contributed by atoms with van der Waals surface area (Å²) in [5.41, 5.74) is 0. The van der Waals surface area contributed by atoms with Crippen molar-refractivity contribution in [2.45, 2.75) is 224 Å². The number of carboxylic acids is 1. The number of aliphatic hydroxyl groups is 16. The zero-order valence-electron chi connectivity index (χ0n) is 45.4. The second-order valence-corrected chi connectivity index (χ2v) is 22.0. The van der Waals surface area contributed by atoms with Gasteiger partial charge >= 0.3 is 16.4 Å². The molecule has 6 aliphatic heterocycles. The van der Waals surface area contributed by atoms with Crippen molar-refractivity contribution in [3.8, 4) is 0 Å². The molecule has 6 saturated heterocycles. The fourth-order valence-corrected chi connectivity index (χ4v) is 10.7. The van der Waals surface area contributed by atoms with Crippen molar-refractivity contribution in [2.24, 2.45) is 0 Å². The molecule has 0 aromatic heterocycles. The van der Waals surface area contributed by atoms with Crippen LogP contribution >= 0.6 is 0 Å². The predicted molar refractivity (Wildman–Crippen MR) is 260 cm³/mol. The lowest BCUT2D eigenvalue weighted by molar-refractivity contribution is -0.385. The molecule has 21 N–H and O–H groups in total. The molecule has 0 aliphatic carbocycles. The number of amides is 3. The number of hydrogen-bond acceptors (Lipinski definition) is 34. The highest BCUT2D eigenvalue weighted by Gasteiger charge is 2.61. The molecule has 40 heteroatoms. The summed E-state index contributed by atoms with van der Waals surface area (Å²) in [6.45, 7) is -1.64. The molecular formula is C45H75N3O36S. The monoisotopic (exact) mass is 1270 g/mol. The van der Waals surface area contributed by atoms with Crippen molar-refractivity contribution in [3.63, 3.8) is 0 Å². The highest BCUT2D eigenvalue weighted by Crippen LogP contribution is 2.40. The van der Waals surface area contributed by atoms with Crippen LogP contribution in [0.2, 0.25) is 0 Å². The average molecular weight is 1270 g/mol. The molecule has 0 aromatic carbocycles. The third-order valence-electron chi connectivity index (χ3n) is 14.8. The van der Waals surface area contributed by atoms with Crippen LogP contribution in [0.5, 0.6) is 0 Å². The third-order valence-corrected chi connectivity index (χ3v) is 15.2. The van der Waals surface area contributed by atoms with E-state index in [0.29, 0.717) is 0 Å². The Bertz CT molecular complexity index is 2340. The van der Waals surface area contributed by atoms with Crippen molar-refractivity contribution >= 4 is 34.1 Å². The number of carboxylic acid groups (broad SMARTS) is 1. The van der Waals surface area contributed by atoms with Crippen LogP contribution in [-0.4, -0.2) is 346 Å². The minimum absolute atomic E-state index is 0.858. The van der Waals surface area contributed by atoms with E-state index >= 15 is 0 Å². The normalized spacial score (nSPS) is 45.2. The van der Waals surface area contributed by atoms with Crippen molar-refractivity contribution in [1.29, 1.82) is 0 Å². The molecule has 1 unspecified atom stereocenters. The topological polar surface area (TPSA) is 613 Å². The Balaban J connectivity index is 1.27. The zero-order valence-corrected chi connectivity index (χ0v) is 46.2. The SMILES string of the molecule is CC(=O)N[C@H]1[C@H](OC[C@H]2OC(O)[C@H](NC(C)=O)[C@@H](O[C@@H]3O[C@H](CO)[C@H](O)[C@H](O)[C@H]3O[C@@H]3O[C@@H](C)[C@@H](O)[C@@H](O)[C@@H]3O)[C@H]2O)O[C@H](COS(=O)(=O)O)[C@@H](O[C@@H]2O[C@H](CO)[C@H](O)[C@H](O[C@]3(C(=O)O)C[C@H](O)[C@@H](NC(C)=O)[C@H]([C@H](O)[C@H](O)CO)O3)[C@H]2O)[C@@H]1O. The molecule has 0 spiro atoms. The van der Waals surface area contributed by atoms with Crippen LogP contribution in [-0.2, 0) is 85.9 Å². The van der Waals surface area contributed by atoms with Crippen LogP contribution in [0.3, 0.4) is 0 Å². The fraction of sp³-hybridized carbons (Fsp3) is 0.911. The van der Waals surface area contributed by atoms with Gasteiger partial charge in [-0.15, -0.1) is 0 Å².